The summed E-state index contributed by atoms with van der Waals surface area (Å²) in [6.07, 6.45) is 10.9. The van der Waals surface area contributed by atoms with Crippen LogP contribution in [0.2, 0.25) is 0 Å². The van der Waals surface area contributed by atoms with Crippen molar-refractivity contribution in [1.82, 2.24) is 0 Å². The zero-order chi connectivity index (χ0) is 19.5. The molecule has 1 aromatic rings. The van der Waals surface area contributed by atoms with E-state index >= 15 is 0 Å². The predicted octanol–water partition coefficient (Wildman–Crippen LogP) is 7.10. The molecule has 0 saturated heterocycles. The molecule has 0 aromatic heterocycles. The number of hydrogen-bond donors (Lipinski definition) is 1. The van der Waals surface area contributed by atoms with E-state index in [1.807, 2.05) is 6.07 Å². The molecule has 4 heteroatoms. The Morgan fingerprint density at radius 2 is 1.92 bits per heavy atom. The number of ether oxygens (including phenoxy) is 1. The average Bonchev–Trinajstić information content (AvgIpc) is 2.53. The van der Waals surface area contributed by atoms with Crippen molar-refractivity contribution in [3.05, 3.63) is 46.6 Å². The van der Waals surface area contributed by atoms with Gasteiger partial charge in [-0.1, -0.05) is 43.1 Å². The average molecular weight is 379 g/mol. The van der Waals surface area contributed by atoms with E-state index in [-0.39, 0.29) is 5.75 Å². The van der Waals surface area contributed by atoms with Gasteiger partial charge < -0.3 is 9.84 Å². The summed E-state index contributed by atoms with van der Waals surface area (Å²) < 4.78 is 5.15. The van der Waals surface area contributed by atoms with Crippen LogP contribution in [0.25, 0.3) is 0 Å². The number of unbranched alkanes of at least 4 members (excludes halogenated alkanes) is 2. The Labute approximate surface area is 162 Å². The fourth-order valence-corrected chi connectivity index (χ4v) is 2.84. The maximum atomic E-state index is 11.2. The highest BCUT2D eigenvalue weighted by atomic mass is 35.5. The summed E-state index contributed by atoms with van der Waals surface area (Å²) in [6.45, 7) is 8.40. The highest BCUT2D eigenvalue weighted by Gasteiger charge is 2.13. The number of rotatable bonds is 10. The molecule has 0 radical (unpaired) electrons. The van der Waals surface area contributed by atoms with Crippen LogP contribution in [-0.4, -0.2) is 10.5 Å². The van der Waals surface area contributed by atoms with Gasteiger partial charge in [-0.25, -0.2) is 4.79 Å². The van der Waals surface area contributed by atoms with Gasteiger partial charge in [0.1, 0.15) is 11.5 Å². The van der Waals surface area contributed by atoms with Gasteiger partial charge in [0.2, 0.25) is 0 Å². The number of aryl methyl sites for hydroxylation is 1. The molecular weight excluding hydrogens is 348 g/mol. The topological polar surface area (TPSA) is 46.5 Å². The number of phenols is 1. The molecule has 0 spiro atoms. The van der Waals surface area contributed by atoms with Gasteiger partial charge in [-0.2, -0.15) is 0 Å². The van der Waals surface area contributed by atoms with E-state index in [1.165, 1.54) is 11.1 Å². The highest BCUT2D eigenvalue weighted by molar-refractivity contribution is 6.61. The molecule has 144 valence electrons. The van der Waals surface area contributed by atoms with Crippen LogP contribution in [0.5, 0.6) is 11.5 Å². The second-order valence-corrected chi connectivity index (χ2v) is 7.27. The van der Waals surface area contributed by atoms with Gasteiger partial charge >= 0.3 is 5.43 Å². The Kier molecular flexibility index (Phi) is 10.1. The summed E-state index contributed by atoms with van der Waals surface area (Å²) in [6, 6.07) is 3.58. The fraction of sp³-hybridized carbons (Fsp3) is 0.500. The minimum absolute atomic E-state index is 0.153. The molecule has 26 heavy (non-hydrogen) atoms. The van der Waals surface area contributed by atoms with Crippen LogP contribution >= 0.6 is 11.6 Å². The number of phenolic OH excluding ortho intramolecular Hbond substituents is 1. The van der Waals surface area contributed by atoms with Gasteiger partial charge in [0.05, 0.1) is 0 Å². The Hall–Kier alpha value is -1.74. The number of aromatic hydroxyl groups is 1. The largest absolute Gasteiger partial charge is 0.508 e. The second kappa shape index (κ2) is 11.8. The Morgan fingerprint density at radius 3 is 2.54 bits per heavy atom. The second-order valence-electron chi connectivity index (χ2n) is 6.96. The molecule has 0 unspecified atom stereocenters. The van der Waals surface area contributed by atoms with Crippen LogP contribution in [0.1, 0.15) is 70.9 Å². The summed E-state index contributed by atoms with van der Waals surface area (Å²) in [5.41, 5.74) is 3.21. The molecule has 0 atom stereocenters. The number of hydrogen-bond acceptors (Lipinski definition) is 3. The first kappa shape index (κ1) is 22.3. The molecule has 0 aliphatic rings. The smallest absolute Gasteiger partial charge is 0.409 e. The van der Waals surface area contributed by atoms with Crippen molar-refractivity contribution < 1.29 is 14.6 Å². The summed E-state index contributed by atoms with van der Waals surface area (Å²) in [7, 11) is 0. The normalized spacial score (nSPS) is 11.3. The molecule has 0 saturated carbocycles. The van der Waals surface area contributed by atoms with Gasteiger partial charge in [0, 0.05) is 17.2 Å². The monoisotopic (exact) mass is 378 g/mol. The molecule has 1 aromatic carbocycles. The number of halogens is 1. The minimum Gasteiger partial charge on any atom is -0.508 e. The Balaban J connectivity index is 2.93. The van der Waals surface area contributed by atoms with Gasteiger partial charge in [-0.05, 0) is 70.6 Å². The predicted molar refractivity (Wildman–Crippen MR) is 109 cm³/mol. The van der Waals surface area contributed by atoms with E-state index < -0.39 is 5.43 Å². The van der Waals surface area contributed by atoms with Crippen molar-refractivity contribution in [3.8, 4) is 11.5 Å². The van der Waals surface area contributed by atoms with Crippen molar-refractivity contribution in [2.75, 3.05) is 0 Å². The third-order valence-corrected chi connectivity index (χ3v) is 4.33. The maximum absolute atomic E-state index is 11.2. The SMILES string of the molecule is CCCCCc1cc(O)c(C/C=C(\C)CCC=C(C)C)c(OC(=O)Cl)c1. The number of benzene rings is 1. The third-order valence-electron chi connectivity index (χ3n) is 4.25. The van der Waals surface area contributed by atoms with Gasteiger partial charge in [-0.15, -0.1) is 0 Å². The molecule has 0 bridgehead atoms. The Morgan fingerprint density at radius 1 is 1.19 bits per heavy atom. The highest BCUT2D eigenvalue weighted by Crippen LogP contribution is 2.32. The summed E-state index contributed by atoms with van der Waals surface area (Å²) in [4.78, 5) is 11.2. The zero-order valence-electron chi connectivity index (χ0n) is 16.4. The van der Waals surface area contributed by atoms with Crippen LogP contribution < -0.4 is 4.74 Å². The van der Waals surface area contributed by atoms with Gasteiger partial charge in [0.15, 0.2) is 0 Å². The lowest BCUT2D eigenvalue weighted by atomic mass is 10.0. The molecule has 1 rings (SSSR count). The molecule has 0 aliphatic heterocycles. The van der Waals surface area contributed by atoms with E-state index in [0.29, 0.717) is 17.7 Å². The summed E-state index contributed by atoms with van der Waals surface area (Å²) >= 11 is 5.41. The maximum Gasteiger partial charge on any atom is 0.409 e. The van der Waals surface area contributed by atoms with E-state index in [4.69, 9.17) is 16.3 Å². The van der Waals surface area contributed by atoms with E-state index in [1.54, 1.807) is 6.07 Å². The minimum atomic E-state index is -0.888. The molecule has 0 heterocycles. The lowest BCUT2D eigenvalue weighted by Gasteiger charge is -2.12. The van der Waals surface area contributed by atoms with Crippen LogP contribution in [0.4, 0.5) is 4.79 Å². The van der Waals surface area contributed by atoms with Crippen molar-refractivity contribution in [2.45, 2.75) is 72.6 Å². The molecule has 0 amide bonds. The first-order valence-corrected chi connectivity index (χ1v) is 9.72. The van der Waals surface area contributed by atoms with Gasteiger partial charge in [0.25, 0.3) is 0 Å². The first-order chi connectivity index (χ1) is 12.3. The number of carbonyl (C=O) groups is 1. The number of allylic oxidation sites excluding steroid dienone is 4. The third kappa shape index (κ3) is 8.57. The van der Waals surface area contributed by atoms with E-state index in [9.17, 15) is 9.90 Å². The molecule has 0 aliphatic carbocycles. The van der Waals surface area contributed by atoms with Crippen LogP contribution in [0.15, 0.2) is 35.4 Å². The quantitative estimate of drug-likeness (QED) is 0.268. The standard InChI is InChI=1S/C22H31ClO3/c1-5-6-7-11-18-14-20(24)19(21(15-18)26-22(23)25)13-12-17(4)10-8-9-16(2)3/h9,12,14-15,24H,5-8,10-11,13H2,1-4H3/b17-12+. The Bertz CT molecular complexity index is 656. The van der Waals surface area contributed by atoms with Crippen LogP contribution in [0.3, 0.4) is 0 Å². The molecular formula is C22H31ClO3. The molecule has 0 fully saturated rings. The first-order valence-electron chi connectivity index (χ1n) is 9.34. The van der Waals surface area contributed by atoms with Crippen molar-refractivity contribution in [2.24, 2.45) is 0 Å². The molecule has 1 N–H and O–H groups in total. The lowest BCUT2D eigenvalue weighted by molar-refractivity contribution is 0.225. The van der Waals surface area contributed by atoms with E-state index in [2.05, 4.69) is 39.8 Å². The fourth-order valence-electron chi connectivity index (χ4n) is 2.76. The number of carbonyl (C=O) groups excluding carboxylic acids is 1. The summed E-state index contributed by atoms with van der Waals surface area (Å²) in [5.74, 6) is 0.505. The van der Waals surface area contributed by atoms with Crippen molar-refractivity contribution >= 4 is 17.0 Å². The summed E-state index contributed by atoms with van der Waals surface area (Å²) in [5, 5.41) is 10.4. The van der Waals surface area contributed by atoms with Crippen molar-refractivity contribution in [3.63, 3.8) is 0 Å². The van der Waals surface area contributed by atoms with Crippen LogP contribution in [-0.2, 0) is 12.8 Å². The zero-order valence-corrected chi connectivity index (χ0v) is 17.2. The van der Waals surface area contributed by atoms with E-state index in [0.717, 1.165) is 44.1 Å². The van der Waals surface area contributed by atoms with Crippen LogP contribution in [0, 0.1) is 0 Å². The molecule has 3 nitrogen and oxygen atoms in total. The van der Waals surface area contributed by atoms with Gasteiger partial charge in [-0.3, -0.25) is 0 Å². The van der Waals surface area contributed by atoms with Crippen molar-refractivity contribution in [1.29, 1.82) is 0 Å². The lowest BCUT2D eigenvalue weighted by Crippen LogP contribution is -2.02.